The molecule has 8 nitrogen and oxygen atoms in total. The van der Waals surface area contributed by atoms with E-state index in [9.17, 15) is 4.79 Å². The van der Waals surface area contributed by atoms with Crippen LogP contribution >= 0.6 is 22.9 Å². The number of carbonyl (C=O) groups is 1. The van der Waals surface area contributed by atoms with Crippen LogP contribution in [0.3, 0.4) is 0 Å². The minimum Gasteiger partial charge on any atom is -0.420 e. The second-order valence-corrected chi connectivity index (χ2v) is 11.3. The van der Waals surface area contributed by atoms with Crippen LogP contribution in [0.5, 0.6) is 11.8 Å². The van der Waals surface area contributed by atoms with E-state index in [1.165, 1.54) is 11.3 Å². The average Bonchev–Trinajstić information content (AvgIpc) is 3.16. The number of anilines is 1. The Hall–Kier alpha value is -3.01. The third-order valence-electron chi connectivity index (χ3n) is 6.22. The highest BCUT2D eigenvalue weighted by molar-refractivity contribution is 7.21. The van der Waals surface area contributed by atoms with E-state index in [1.807, 2.05) is 31.2 Å². The minimum absolute atomic E-state index is 0.0440. The van der Waals surface area contributed by atoms with Crippen molar-refractivity contribution >= 4 is 55.5 Å². The summed E-state index contributed by atoms with van der Waals surface area (Å²) in [7, 11) is 0. The van der Waals surface area contributed by atoms with Gasteiger partial charge in [-0.3, -0.25) is 9.69 Å². The summed E-state index contributed by atoms with van der Waals surface area (Å²) < 4.78 is 7.23. The summed E-state index contributed by atoms with van der Waals surface area (Å²) in [5.74, 6) is 1.33. The van der Waals surface area contributed by atoms with Crippen molar-refractivity contribution < 1.29 is 9.53 Å². The molecule has 0 radical (unpaired) electrons. The molecule has 1 amide bonds. The molecule has 1 aliphatic rings. The van der Waals surface area contributed by atoms with Gasteiger partial charge in [-0.25, -0.2) is 9.97 Å². The maximum absolute atomic E-state index is 12.7. The number of carbonyl (C=O) groups excluding carboxylic acids is 1. The molecule has 0 unspecified atom stereocenters. The molecule has 194 valence electrons. The number of benzene rings is 1. The molecule has 0 bridgehead atoms. The largest absolute Gasteiger partial charge is 0.420 e. The molecule has 0 fully saturated rings. The zero-order chi connectivity index (χ0) is 26.1. The maximum Gasteiger partial charge on any atom is 0.263 e. The molecule has 1 atom stereocenters. The van der Waals surface area contributed by atoms with Crippen LogP contribution in [0.15, 0.2) is 30.5 Å². The maximum atomic E-state index is 12.7. The molecule has 1 aromatic carbocycles. The summed E-state index contributed by atoms with van der Waals surface area (Å²) in [5, 5.41) is 8.60. The van der Waals surface area contributed by atoms with Crippen LogP contribution in [0, 0.1) is 5.92 Å². The van der Waals surface area contributed by atoms with Gasteiger partial charge in [0.2, 0.25) is 17.0 Å². The molecule has 3 aromatic heterocycles. The van der Waals surface area contributed by atoms with Crippen LogP contribution < -0.4 is 15.4 Å². The number of nitrogens with zero attached hydrogens (tertiary/aromatic N) is 4. The lowest BCUT2D eigenvalue weighted by molar-refractivity contribution is 0.0949. The zero-order valence-electron chi connectivity index (χ0n) is 21.5. The Kier molecular flexibility index (Phi) is 7.46. The van der Waals surface area contributed by atoms with Crippen molar-refractivity contribution in [3.05, 3.63) is 46.2 Å². The van der Waals surface area contributed by atoms with Gasteiger partial charge in [0.1, 0.15) is 4.88 Å². The average molecular weight is 539 g/mol. The number of amides is 1. The first-order valence-electron chi connectivity index (χ1n) is 12.6. The van der Waals surface area contributed by atoms with Crippen LogP contribution in [0.4, 0.5) is 5.69 Å². The highest BCUT2D eigenvalue weighted by atomic mass is 35.5. The number of hydrogen-bond acceptors (Lipinski definition) is 8. The molecule has 2 N–H and O–H groups in total. The summed E-state index contributed by atoms with van der Waals surface area (Å²) >= 11 is 7.63. The molecule has 1 aliphatic heterocycles. The van der Waals surface area contributed by atoms with Crippen molar-refractivity contribution in [2.24, 2.45) is 5.92 Å². The molecule has 5 rings (SSSR count). The van der Waals surface area contributed by atoms with E-state index in [4.69, 9.17) is 21.3 Å². The molecule has 0 aliphatic carbocycles. The molecule has 0 saturated carbocycles. The third-order valence-corrected chi connectivity index (χ3v) is 7.55. The van der Waals surface area contributed by atoms with Crippen LogP contribution in [-0.4, -0.2) is 51.4 Å². The van der Waals surface area contributed by atoms with E-state index in [0.29, 0.717) is 35.6 Å². The quantitative estimate of drug-likeness (QED) is 0.262. The first-order valence-corrected chi connectivity index (χ1v) is 13.8. The predicted octanol–water partition coefficient (Wildman–Crippen LogP) is 6.10. The number of pyridine rings is 1. The Bertz CT molecular complexity index is 1460. The number of hydrogen-bond donors (Lipinski definition) is 2. The number of aromatic nitrogens is 3. The molecular formula is C27H31ClN6O2S. The number of thiophene rings is 1. The first-order chi connectivity index (χ1) is 17.8. The number of rotatable bonds is 8. The number of fused-ring (bicyclic) bond motifs is 5. The molecule has 0 spiro atoms. The van der Waals surface area contributed by atoms with E-state index >= 15 is 0 Å². The van der Waals surface area contributed by atoms with Gasteiger partial charge in [-0.2, -0.15) is 4.98 Å². The standard InChI is InChI=1S/C27H31ClN6O2S/c1-5-10-34(13-15(2)3)14-17-12-30-27(28)33-26(17)36-21-9-6-18-19(32-21)7-8-20-22(18)23-24(37-20)25(35)31-16(4)11-29-23/h6-9,12,15-16,29H,5,10-11,13-14H2,1-4H3,(H,31,35)/t16-/m1/s1. The number of halogens is 1. The van der Waals surface area contributed by atoms with Crippen molar-refractivity contribution in [2.75, 3.05) is 25.0 Å². The Morgan fingerprint density at radius 1 is 1.24 bits per heavy atom. The SMILES string of the molecule is CCCN(Cc1cnc(Cl)nc1Oc1ccc2c(ccc3sc4c(c32)NC[C@@H](C)NC4=O)n1)CC(C)C. The molecule has 0 saturated heterocycles. The summed E-state index contributed by atoms with van der Waals surface area (Å²) in [6.07, 6.45) is 2.79. The lowest BCUT2D eigenvalue weighted by atomic mass is 10.1. The Morgan fingerprint density at radius 3 is 2.86 bits per heavy atom. The van der Waals surface area contributed by atoms with Gasteiger partial charge < -0.3 is 15.4 Å². The second-order valence-electron chi connectivity index (χ2n) is 9.92. The monoisotopic (exact) mass is 538 g/mol. The van der Waals surface area contributed by atoms with Gasteiger partial charge in [-0.05, 0) is 55.6 Å². The van der Waals surface area contributed by atoms with E-state index in [-0.39, 0.29) is 17.2 Å². The summed E-state index contributed by atoms with van der Waals surface area (Å²) in [6, 6.07) is 7.85. The Labute approximate surface area is 225 Å². The van der Waals surface area contributed by atoms with Crippen molar-refractivity contribution in [1.29, 1.82) is 0 Å². The van der Waals surface area contributed by atoms with Crippen molar-refractivity contribution in [3.8, 4) is 11.8 Å². The van der Waals surface area contributed by atoms with Crippen LogP contribution in [0.1, 0.15) is 49.4 Å². The molecular weight excluding hydrogens is 508 g/mol. The van der Waals surface area contributed by atoms with E-state index in [1.54, 1.807) is 6.20 Å². The summed E-state index contributed by atoms with van der Waals surface area (Å²) in [6.45, 7) is 11.9. The van der Waals surface area contributed by atoms with Crippen LogP contribution in [-0.2, 0) is 6.54 Å². The van der Waals surface area contributed by atoms with Crippen LogP contribution in [0.2, 0.25) is 5.28 Å². The third kappa shape index (κ3) is 5.49. The Morgan fingerprint density at radius 2 is 2.08 bits per heavy atom. The van der Waals surface area contributed by atoms with E-state index in [0.717, 1.165) is 51.8 Å². The topological polar surface area (TPSA) is 92.3 Å². The highest BCUT2D eigenvalue weighted by Gasteiger charge is 2.25. The first kappa shape index (κ1) is 25.6. The lowest BCUT2D eigenvalue weighted by Crippen LogP contribution is -2.34. The minimum atomic E-state index is -0.0440. The summed E-state index contributed by atoms with van der Waals surface area (Å²) in [5.41, 5.74) is 2.51. The fraction of sp³-hybridized carbons (Fsp3) is 0.407. The van der Waals surface area contributed by atoms with Gasteiger partial charge in [0, 0.05) is 59.0 Å². The van der Waals surface area contributed by atoms with Gasteiger partial charge in [-0.1, -0.05) is 20.8 Å². The number of ether oxygens (including phenoxy) is 1. The van der Waals surface area contributed by atoms with Crippen molar-refractivity contribution in [2.45, 2.75) is 46.7 Å². The van der Waals surface area contributed by atoms with Crippen molar-refractivity contribution in [3.63, 3.8) is 0 Å². The lowest BCUT2D eigenvalue weighted by Gasteiger charge is -2.24. The smallest absolute Gasteiger partial charge is 0.263 e. The van der Waals surface area contributed by atoms with E-state index < -0.39 is 0 Å². The zero-order valence-corrected chi connectivity index (χ0v) is 23.0. The van der Waals surface area contributed by atoms with Crippen molar-refractivity contribution in [1.82, 2.24) is 25.2 Å². The van der Waals surface area contributed by atoms with Crippen LogP contribution in [0.25, 0.3) is 21.0 Å². The molecule has 10 heteroatoms. The highest BCUT2D eigenvalue weighted by Crippen LogP contribution is 2.41. The van der Waals surface area contributed by atoms with Gasteiger partial charge in [0.25, 0.3) is 5.91 Å². The van der Waals surface area contributed by atoms with E-state index in [2.05, 4.69) is 46.3 Å². The Balaban J connectivity index is 1.49. The second kappa shape index (κ2) is 10.8. The van der Waals surface area contributed by atoms with Gasteiger partial charge in [0.05, 0.1) is 11.2 Å². The fourth-order valence-corrected chi connectivity index (χ4v) is 5.96. The number of nitrogens with one attached hydrogen (secondary N) is 2. The van der Waals surface area contributed by atoms with Gasteiger partial charge in [0.15, 0.2) is 0 Å². The molecule has 37 heavy (non-hydrogen) atoms. The molecule has 4 aromatic rings. The van der Waals surface area contributed by atoms with Gasteiger partial charge >= 0.3 is 0 Å². The fourth-order valence-electron chi connectivity index (χ4n) is 4.74. The summed E-state index contributed by atoms with van der Waals surface area (Å²) in [4.78, 5) is 29.1. The molecule has 4 heterocycles. The normalized spacial score (nSPS) is 15.6. The van der Waals surface area contributed by atoms with Gasteiger partial charge in [-0.15, -0.1) is 11.3 Å². The predicted molar refractivity (Wildman–Crippen MR) is 150 cm³/mol.